The number of halogens is 1. The minimum atomic E-state index is -0.849. The molecule has 2 rings (SSSR count). The molecule has 120 valence electrons. The van der Waals surface area contributed by atoms with Gasteiger partial charge in [-0.25, -0.2) is 0 Å². The minimum absolute atomic E-state index is 0.0547. The zero-order valence-electron chi connectivity index (χ0n) is 12.8. The lowest BCUT2D eigenvalue weighted by Crippen LogP contribution is -2.07. The summed E-state index contributed by atoms with van der Waals surface area (Å²) < 4.78 is 0. The number of carboxylic acids is 1. The van der Waals surface area contributed by atoms with E-state index >= 15 is 0 Å². The number of aryl methyl sites for hydroxylation is 1. The molecule has 0 aliphatic heterocycles. The van der Waals surface area contributed by atoms with Gasteiger partial charge in [0.25, 0.3) is 0 Å². The van der Waals surface area contributed by atoms with Crippen molar-refractivity contribution >= 4 is 23.3 Å². The van der Waals surface area contributed by atoms with E-state index in [4.69, 9.17) is 16.7 Å². The van der Waals surface area contributed by atoms with Crippen molar-refractivity contribution in [2.24, 2.45) is 4.99 Å². The number of aliphatic imine (C=N–C) groups is 1. The SMILES string of the molecule is Cc1ccc(O)c(C(=NCCCC(=O)O)c2ccccc2Cl)c1. The second-order valence-corrected chi connectivity index (χ2v) is 5.64. The van der Waals surface area contributed by atoms with Crippen LogP contribution in [0, 0.1) is 6.92 Å². The Hall–Kier alpha value is -2.33. The fraction of sp³-hybridized carbons (Fsp3) is 0.222. The Kier molecular flexibility index (Phi) is 5.77. The molecule has 0 bridgehead atoms. The number of hydrogen-bond acceptors (Lipinski definition) is 3. The van der Waals surface area contributed by atoms with Crippen LogP contribution in [0.3, 0.4) is 0 Å². The Morgan fingerprint density at radius 3 is 2.61 bits per heavy atom. The molecule has 0 radical (unpaired) electrons. The number of carbonyl (C=O) groups is 1. The first kappa shape index (κ1) is 17.0. The van der Waals surface area contributed by atoms with Crippen molar-refractivity contribution in [1.29, 1.82) is 0 Å². The highest BCUT2D eigenvalue weighted by Gasteiger charge is 2.14. The van der Waals surface area contributed by atoms with E-state index in [1.165, 1.54) is 0 Å². The number of rotatable bonds is 6. The highest BCUT2D eigenvalue weighted by atomic mass is 35.5. The smallest absolute Gasteiger partial charge is 0.303 e. The van der Waals surface area contributed by atoms with Crippen molar-refractivity contribution < 1.29 is 15.0 Å². The molecule has 0 saturated carbocycles. The van der Waals surface area contributed by atoms with Crippen molar-refractivity contribution in [3.63, 3.8) is 0 Å². The van der Waals surface area contributed by atoms with Crippen LogP contribution in [0.25, 0.3) is 0 Å². The molecule has 0 spiro atoms. The zero-order valence-corrected chi connectivity index (χ0v) is 13.5. The summed E-state index contributed by atoms with van der Waals surface area (Å²) in [6.07, 6.45) is 0.481. The van der Waals surface area contributed by atoms with Gasteiger partial charge in [0.2, 0.25) is 0 Å². The van der Waals surface area contributed by atoms with Crippen LogP contribution in [-0.4, -0.2) is 28.4 Å². The Labute approximate surface area is 140 Å². The van der Waals surface area contributed by atoms with Crippen LogP contribution in [0.4, 0.5) is 0 Å². The van der Waals surface area contributed by atoms with Crippen molar-refractivity contribution in [2.75, 3.05) is 6.54 Å². The van der Waals surface area contributed by atoms with Crippen molar-refractivity contribution in [1.82, 2.24) is 0 Å². The van der Waals surface area contributed by atoms with Gasteiger partial charge in [-0.15, -0.1) is 0 Å². The molecule has 0 fully saturated rings. The second kappa shape index (κ2) is 7.79. The lowest BCUT2D eigenvalue weighted by molar-refractivity contribution is -0.137. The highest BCUT2D eigenvalue weighted by Crippen LogP contribution is 2.26. The number of phenolic OH excluding ortho intramolecular Hbond substituents is 1. The number of carboxylic acid groups (broad SMARTS) is 1. The molecule has 0 unspecified atom stereocenters. The average Bonchev–Trinajstić information content (AvgIpc) is 2.51. The molecule has 0 saturated heterocycles. The monoisotopic (exact) mass is 331 g/mol. The van der Waals surface area contributed by atoms with E-state index in [1.807, 2.05) is 37.3 Å². The molecule has 23 heavy (non-hydrogen) atoms. The van der Waals surface area contributed by atoms with Gasteiger partial charge >= 0.3 is 5.97 Å². The molecule has 0 heterocycles. The molecule has 2 aromatic rings. The number of phenols is 1. The van der Waals surface area contributed by atoms with Crippen LogP contribution in [0.2, 0.25) is 5.02 Å². The average molecular weight is 332 g/mol. The van der Waals surface area contributed by atoms with Gasteiger partial charge in [-0.3, -0.25) is 9.79 Å². The largest absolute Gasteiger partial charge is 0.507 e. The van der Waals surface area contributed by atoms with Gasteiger partial charge in [0.1, 0.15) is 5.75 Å². The van der Waals surface area contributed by atoms with Crippen LogP contribution in [-0.2, 0) is 4.79 Å². The van der Waals surface area contributed by atoms with Gasteiger partial charge < -0.3 is 10.2 Å². The lowest BCUT2D eigenvalue weighted by Gasteiger charge is -2.12. The molecule has 0 amide bonds. The molecule has 0 aromatic heterocycles. The standard InChI is InChI=1S/C18H18ClNO3/c1-12-8-9-16(21)14(11-12)18(20-10-4-7-17(22)23)13-5-2-3-6-15(13)19/h2-3,5-6,8-9,11,21H,4,7,10H2,1H3,(H,22,23). The summed E-state index contributed by atoms with van der Waals surface area (Å²) in [5.41, 5.74) is 2.86. The number of aliphatic carboxylic acids is 1. The maximum absolute atomic E-state index is 10.6. The normalized spacial score (nSPS) is 11.5. The van der Waals surface area contributed by atoms with E-state index in [0.717, 1.165) is 5.56 Å². The zero-order chi connectivity index (χ0) is 16.8. The predicted octanol–water partition coefficient (Wildman–Crippen LogP) is 4.06. The molecule has 4 nitrogen and oxygen atoms in total. The fourth-order valence-corrected chi connectivity index (χ4v) is 2.45. The molecule has 0 atom stereocenters. The van der Waals surface area contributed by atoms with Crippen LogP contribution in [0.5, 0.6) is 5.75 Å². The number of aromatic hydroxyl groups is 1. The molecule has 2 N–H and O–H groups in total. The first-order valence-corrected chi connectivity index (χ1v) is 7.68. The summed E-state index contributed by atoms with van der Waals surface area (Å²) in [7, 11) is 0. The summed E-state index contributed by atoms with van der Waals surface area (Å²) >= 11 is 6.27. The summed E-state index contributed by atoms with van der Waals surface area (Å²) in [5, 5.41) is 19.4. The third kappa shape index (κ3) is 4.57. The highest BCUT2D eigenvalue weighted by molar-refractivity contribution is 6.35. The van der Waals surface area contributed by atoms with E-state index in [9.17, 15) is 9.90 Å². The summed E-state index contributed by atoms with van der Waals surface area (Å²) in [6, 6.07) is 12.5. The Balaban J connectivity index is 2.43. The fourth-order valence-electron chi connectivity index (χ4n) is 2.23. The molecule has 5 heteroatoms. The van der Waals surface area contributed by atoms with Gasteiger partial charge in [0, 0.05) is 29.1 Å². The van der Waals surface area contributed by atoms with Crippen LogP contribution < -0.4 is 0 Å². The summed E-state index contributed by atoms with van der Waals surface area (Å²) in [5.74, 6) is -0.731. The topological polar surface area (TPSA) is 69.9 Å². The van der Waals surface area contributed by atoms with Gasteiger partial charge in [-0.2, -0.15) is 0 Å². The van der Waals surface area contributed by atoms with Crippen molar-refractivity contribution in [2.45, 2.75) is 19.8 Å². The quantitative estimate of drug-likeness (QED) is 0.619. The van der Waals surface area contributed by atoms with Crippen LogP contribution in [0.15, 0.2) is 47.5 Å². The molecule has 2 aromatic carbocycles. The third-order valence-electron chi connectivity index (χ3n) is 3.35. The number of nitrogens with zero attached hydrogens (tertiary/aromatic N) is 1. The first-order valence-electron chi connectivity index (χ1n) is 7.30. The van der Waals surface area contributed by atoms with Crippen molar-refractivity contribution in [3.8, 4) is 5.75 Å². The number of hydrogen-bond donors (Lipinski definition) is 2. The molecular formula is C18H18ClNO3. The van der Waals surface area contributed by atoms with Crippen LogP contribution >= 0.6 is 11.6 Å². The maximum Gasteiger partial charge on any atom is 0.303 e. The van der Waals surface area contributed by atoms with Gasteiger partial charge in [0.15, 0.2) is 0 Å². The van der Waals surface area contributed by atoms with E-state index in [1.54, 1.807) is 12.1 Å². The first-order chi connectivity index (χ1) is 11.0. The van der Waals surface area contributed by atoms with E-state index < -0.39 is 5.97 Å². The van der Waals surface area contributed by atoms with Crippen molar-refractivity contribution in [3.05, 3.63) is 64.2 Å². The Bertz CT molecular complexity index is 741. The van der Waals surface area contributed by atoms with E-state index in [0.29, 0.717) is 34.8 Å². The van der Waals surface area contributed by atoms with Crippen LogP contribution in [0.1, 0.15) is 29.5 Å². The lowest BCUT2D eigenvalue weighted by atomic mass is 9.99. The maximum atomic E-state index is 10.6. The Morgan fingerprint density at radius 1 is 1.17 bits per heavy atom. The van der Waals surface area contributed by atoms with E-state index in [-0.39, 0.29) is 12.2 Å². The number of benzene rings is 2. The molecule has 0 aliphatic carbocycles. The molecule has 0 aliphatic rings. The Morgan fingerprint density at radius 2 is 1.91 bits per heavy atom. The predicted molar refractivity (Wildman–Crippen MR) is 91.7 cm³/mol. The molecular weight excluding hydrogens is 314 g/mol. The third-order valence-corrected chi connectivity index (χ3v) is 3.68. The van der Waals surface area contributed by atoms with Gasteiger partial charge in [-0.05, 0) is 31.5 Å². The van der Waals surface area contributed by atoms with Gasteiger partial charge in [-0.1, -0.05) is 41.4 Å². The second-order valence-electron chi connectivity index (χ2n) is 5.23. The van der Waals surface area contributed by atoms with Gasteiger partial charge in [0.05, 0.1) is 5.71 Å². The summed E-state index contributed by atoms with van der Waals surface area (Å²) in [6.45, 7) is 2.28. The minimum Gasteiger partial charge on any atom is -0.507 e. The summed E-state index contributed by atoms with van der Waals surface area (Å²) in [4.78, 5) is 15.1. The van der Waals surface area contributed by atoms with E-state index in [2.05, 4.69) is 4.99 Å².